The fourth-order valence-corrected chi connectivity index (χ4v) is 4.10. The van der Waals surface area contributed by atoms with Gasteiger partial charge in [-0.05, 0) is 42.9 Å². The molecule has 0 radical (unpaired) electrons. The van der Waals surface area contributed by atoms with E-state index in [1.807, 2.05) is 12.1 Å². The maximum absolute atomic E-state index is 12.5. The lowest BCUT2D eigenvalue weighted by Crippen LogP contribution is -2.42. The molecule has 1 aromatic carbocycles. The van der Waals surface area contributed by atoms with Crippen LogP contribution >= 0.6 is 11.6 Å². The number of likely N-dealkylation sites (tertiary alicyclic amines) is 1. The molecule has 4 rings (SSSR count). The molecule has 1 saturated heterocycles. The number of aliphatic hydroxyl groups is 1. The van der Waals surface area contributed by atoms with Crippen molar-refractivity contribution in [1.82, 2.24) is 15.1 Å². The topological polar surface area (TPSA) is 88.7 Å². The van der Waals surface area contributed by atoms with Crippen LogP contribution in [0, 0.1) is 18.8 Å². The molecule has 138 valence electrons. The van der Waals surface area contributed by atoms with Gasteiger partial charge in [0.25, 0.3) is 0 Å². The van der Waals surface area contributed by atoms with Gasteiger partial charge in [-0.15, -0.1) is 10.2 Å². The van der Waals surface area contributed by atoms with Crippen LogP contribution in [0.15, 0.2) is 28.7 Å². The van der Waals surface area contributed by atoms with Gasteiger partial charge in [-0.3, -0.25) is 4.79 Å². The minimum Gasteiger partial charge on any atom is -0.488 e. The zero-order valence-corrected chi connectivity index (χ0v) is 15.1. The van der Waals surface area contributed by atoms with E-state index < -0.39 is 6.10 Å². The molecule has 1 aromatic heterocycles. The van der Waals surface area contributed by atoms with Gasteiger partial charge in [0.2, 0.25) is 5.89 Å². The summed E-state index contributed by atoms with van der Waals surface area (Å²) >= 11 is 6.00. The van der Waals surface area contributed by atoms with Crippen molar-refractivity contribution in [2.45, 2.75) is 32.0 Å². The summed E-state index contributed by atoms with van der Waals surface area (Å²) < 4.78 is 11.2. The second-order valence-electron chi connectivity index (χ2n) is 7.01. The van der Waals surface area contributed by atoms with Crippen molar-refractivity contribution < 1.29 is 19.1 Å². The summed E-state index contributed by atoms with van der Waals surface area (Å²) in [5.41, 5.74) is 0. The number of aliphatic hydroxyl groups excluding tert-OH is 1. The Balaban J connectivity index is 1.42. The van der Waals surface area contributed by atoms with E-state index in [1.54, 1.807) is 24.0 Å². The molecule has 1 aliphatic carbocycles. The molecule has 4 atom stereocenters. The van der Waals surface area contributed by atoms with Gasteiger partial charge in [0, 0.05) is 25.0 Å². The molecule has 0 spiro atoms. The largest absolute Gasteiger partial charge is 0.488 e. The van der Waals surface area contributed by atoms with Crippen LogP contribution in [0.3, 0.4) is 0 Å². The zero-order valence-electron chi connectivity index (χ0n) is 14.3. The molecular formula is C18H20ClN3O4. The molecule has 26 heavy (non-hydrogen) atoms. The Morgan fingerprint density at radius 2 is 2.08 bits per heavy atom. The van der Waals surface area contributed by atoms with Gasteiger partial charge in [0.1, 0.15) is 11.9 Å². The monoisotopic (exact) mass is 377 g/mol. The molecule has 2 aromatic rings. The van der Waals surface area contributed by atoms with Crippen molar-refractivity contribution in [3.8, 4) is 5.75 Å². The van der Waals surface area contributed by atoms with Crippen molar-refractivity contribution in [2.75, 3.05) is 13.1 Å². The first kappa shape index (κ1) is 17.3. The number of carbonyl (C=O) groups excluding carboxylic acids is 1. The van der Waals surface area contributed by atoms with Crippen LogP contribution in [0.5, 0.6) is 5.75 Å². The standard InChI is InChI=1S/C18H20ClN3O4/c1-10-20-21-17(25-10)18(24)22-8-11-5-15(23)16(6-12(11)9-22)26-14-4-2-3-13(19)7-14/h2-4,7,11-12,15-16,23H,5-6,8-9H2,1H3/t11-,12+,15+,16+/m0/s1. The lowest BCUT2D eigenvalue weighted by Gasteiger charge is -2.35. The third kappa shape index (κ3) is 3.41. The first-order valence-corrected chi connectivity index (χ1v) is 9.07. The first-order chi connectivity index (χ1) is 12.5. The number of hydrogen-bond acceptors (Lipinski definition) is 6. The average molecular weight is 378 g/mol. The van der Waals surface area contributed by atoms with Gasteiger partial charge in [-0.25, -0.2) is 0 Å². The number of aryl methyl sites for hydroxylation is 1. The minimum atomic E-state index is -0.573. The van der Waals surface area contributed by atoms with Crippen molar-refractivity contribution in [1.29, 1.82) is 0 Å². The predicted octanol–water partition coefficient (Wildman–Crippen LogP) is 2.32. The number of aromatic nitrogens is 2. The van der Waals surface area contributed by atoms with Crippen LogP contribution in [-0.2, 0) is 0 Å². The Kier molecular flexibility index (Phi) is 4.58. The Hall–Kier alpha value is -2.12. The van der Waals surface area contributed by atoms with Crippen LogP contribution in [0.2, 0.25) is 5.02 Å². The lowest BCUT2D eigenvalue weighted by molar-refractivity contribution is -0.0231. The number of rotatable bonds is 3. The summed E-state index contributed by atoms with van der Waals surface area (Å²) in [6.45, 7) is 2.85. The van der Waals surface area contributed by atoms with E-state index in [9.17, 15) is 9.90 Å². The summed E-state index contributed by atoms with van der Waals surface area (Å²) in [4.78, 5) is 14.2. The Morgan fingerprint density at radius 1 is 1.31 bits per heavy atom. The molecule has 1 amide bonds. The van der Waals surface area contributed by atoms with E-state index in [-0.39, 0.29) is 29.7 Å². The summed E-state index contributed by atoms with van der Waals surface area (Å²) in [5, 5.41) is 18.6. The van der Waals surface area contributed by atoms with E-state index in [1.165, 1.54) is 0 Å². The number of ether oxygens (including phenoxy) is 1. The van der Waals surface area contributed by atoms with Gasteiger partial charge in [-0.1, -0.05) is 17.7 Å². The Labute approximate surface area is 155 Å². The molecule has 1 saturated carbocycles. The first-order valence-electron chi connectivity index (χ1n) is 8.69. The van der Waals surface area contributed by atoms with Gasteiger partial charge in [0.05, 0.1) is 6.10 Å². The fourth-order valence-electron chi connectivity index (χ4n) is 3.92. The van der Waals surface area contributed by atoms with Crippen molar-refractivity contribution >= 4 is 17.5 Å². The van der Waals surface area contributed by atoms with Crippen LogP contribution in [-0.4, -0.2) is 51.4 Å². The van der Waals surface area contributed by atoms with E-state index in [4.69, 9.17) is 20.8 Å². The molecule has 2 fully saturated rings. The van der Waals surface area contributed by atoms with Gasteiger partial charge in [-0.2, -0.15) is 0 Å². The predicted molar refractivity (Wildman–Crippen MR) is 93.0 cm³/mol. The second kappa shape index (κ2) is 6.89. The highest BCUT2D eigenvalue weighted by atomic mass is 35.5. The highest BCUT2D eigenvalue weighted by molar-refractivity contribution is 6.30. The number of hydrogen-bond donors (Lipinski definition) is 1. The number of fused-ring (bicyclic) bond motifs is 1. The van der Waals surface area contributed by atoms with E-state index in [0.29, 0.717) is 42.6 Å². The van der Waals surface area contributed by atoms with E-state index in [0.717, 1.165) is 0 Å². The molecular weight excluding hydrogens is 358 g/mol. The molecule has 2 aliphatic rings. The van der Waals surface area contributed by atoms with E-state index in [2.05, 4.69) is 10.2 Å². The third-order valence-electron chi connectivity index (χ3n) is 5.16. The van der Waals surface area contributed by atoms with Crippen LogP contribution in [0.4, 0.5) is 0 Å². The zero-order chi connectivity index (χ0) is 18.3. The van der Waals surface area contributed by atoms with Gasteiger partial charge >= 0.3 is 11.8 Å². The number of amides is 1. The SMILES string of the molecule is Cc1nnc(C(=O)N2C[C@H]3C[C@@H](Oc4cccc(Cl)c4)[C@H](O)C[C@H]3C2)o1. The summed E-state index contributed by atoms with van der Waals surface area (Å²) in [6.07, 6.45) is 0.402. The molecule has 8 heteroatoms. The van der Waals surface area contributed by atoms with Crippen molar-refractivity contribution in [2.24, 2.45) is 11.8 Å². The molecule has 1 aliphatic heterocycles. The normalized spacial score (nSPS) is 28.0. The Morgan fingerprint density at radius 3 is 2.77 bits per heavy atom. The molecule has 1 N–H and O–H groups in total. The average Bonchev–Trinajstić information content (AvgIpc) is 3.20. The summed E-state index contributed by atoms with van der Waals surface area (Å²) in [6, 6.07) is 7.16. The third-order valence-corrected chi connectivity index (χ3v) is 5.40. The van der Waals surface area contributed by atoms with E-state index >= 15 is 0 Å². The van der Waals surface area contributed by atoms with Gasteiger partial charge in [0.15, 0.2) is 0 Å². The van der Waals surface area contributed by atoms with Crippen LogP contribution in [0.1, 0.15) is 29.4 Å². The molecule has 0 bridgehead atoms. The number of carbonyl (C=O) groups is 1. The highest BCUT2D eigenvalue weighted by Crippen LogP contribution is 2.38. The molecule has 2 heterocycles. The van der Waals surface area contributed by atoms with Crippen molar-refractivity contribution in [3.63, 3.8) is 0 Å². The maximum atomic E-state index is 12.5. The summed E-state index contributed by atoms with van der Waals surface area (Å²) in [7, 11) is 0. The van der Waals surface area contributed by atoms with Gasteiger partial charge < -0.3 is 19.2 Å². The maximum Gasteiger partial charge on any atom is 0.311 e. The molecule has 0 unspecified atom stereocenters. The Bertz CT molecular complexity index is 811. The quantitative estimate of drug-likeness (QED) is 0.883. The van der Waals surface area contributed by atoms with Crippen LogP contribution < -0.4 is 4.74 Å². The molecule has 7 nitrogen and oxygen atoms in total. The lowest BCUT2D eigenvalue weighted by atomic mass is 9.78. The highest BCUT2D eigenvalue weighted by Gasteiger charge is 2.44. The van der Waals surface area contributed by atoms with Crippen molar-refractivity contribution in [3.05, 3.63) is 41.1 Å². The summed E-state index contributed by atoms with van der Waals surface area (Å²) in [5.74, 6) is 1.31. The smallest absolute Gasteiger partial charge is 0.311 e. The second-order valence-corrected chi connectivity index (χ2v) is 7.45. The number of halogens is 1. The van der Waals surface area contributed by atoms with Crippen LogP contribution in [0.25, 0.3) is 0 Å². The fraction of sp³-hybridized carbons (Fsp3) is 0.500. The minimum absolute atomic E-state index is 0.0217. The number of benzene rings is 1. The number of nitrogens with zero attached hydrogens (tertiary/aromatic N) is 3.